The Labute approximate surface area is 126 Å². The Morgan fingerprint density at radius 3 is 2.41 bits per heavy atom. The number of carbonyl (C=O) groups excluding carboxylic acids is 2. The fourth-order valence-corrected chi connectivity index (χ4v) is 2.49. The number of nitro groups is 1. The minimum Gasteiger partial charge on any atom is -0.270 e. The van der Waals surface area contributed by atoms with E-state index < -0.39 is 16.7 Å². The van der Waals surface area contributed by atoms with Crippen molar-refractivity contribution < 1.29 is 14.5 Å². The van der Waals surface area contributed by atoms with E-state index in [-0.39, 0.29) is 23.4 Å². The zero-order valence-electron chi connectivity index (χ0n) is 11.8. The van der Waals surface area contributed by atoms with Gasteiger partial charge in [-0.05, 0) is 24.1 Å². The average Bonchev–Trinajstić information content (AvgIpc) is 2.74. The number of aryl methyl sites for hydroxylation is 1. The Hall–Kier alpha value is -3.02. The van der Waals surface area contributed by atoms with Crippen LogP contribution in [-0.4, -0.2) is 21.6 Å². The second kappa shape index (κ2) is 5.07. The highest BCUT2D eigenvalue weighted by Crippen LogP contribution is 2.28. The number of nitrogens with zero attached hydrogens (tertiary/aromatic N) is 2. The minimum atomic E-state index is -0.581. The van der Waals surface area contributed by atoms with Crippen LogP contribution >= 0.6 is 0 Å². The van der Waals surface area contributed by atoms with Crippen molar-refractivity contribution in [3.05, 3.63) is 74.8 Å². The molecule has 6 nitrogen and oxygen atoms in total. The zero-order chi connectivity index (χ0) is 15.9. The molecule has 110 valence electrons. The lowest BCUT2D eigenvalue weighted by molar-refractivity contribution is -0.384. The van der Waals surface area contributed by atoms with Gasteiger partial charge in [0, 0.05) is 12.1 Å². The van der Waals surface area contributed by atoms with Crippen molar-refractivity contribution in [1.82, 2.24) is 4.90 Å². The van der Waals surface area contributed by atoms with Crippen LogP contribution in [0.3, 0.4) is 0 Å². The first-order valence-corrected chi connectivity index (χ1v) is 6.68. The molecule has 2 aromatic rings. The molecule has 0 bridgehead atoms. The van der Waals surface area contributed by atoms with Gasteiger partial charge in [0.05, 0.1) is 22.6 Å². The van der Waals surface area contributed by atoms with Gasteiger partial charge >= 0.3 is 0 Å². The first kappa shape index (κ1) is 13.9. The number of non-ortho nitro benzene ring substituents is 1. The van der Waals surface area contributed by atoms with Gasteiger partial charge in [-0.2, -0.15) is 0 Å². The molecule has 6 heteroatoms. The molecule has 0 unspecified atom stereocenters. The van der Waals surface area contributed by atoms with E-state index in [0.29, 0.717) is 0 Å². The lowest BCUT2D eigenvalue weighted by Gasteiger charge is -2.15. The largest absolute Gasteiger partial charge is 0.270 e. The number of benzene rings is 2. The number of fused-ring (bicyclic) bond motifs is 1. The Morgan fingerprint density at radius 1 is 1.05 bits per heavy atom. The monoisotopic (exact) mass is 296 g/mol. The molecule has 0 radical (unpaired) electrons. The van der Waals surface area contributed by atoms with E-state index in [4.69, 9.17) is 0 Å². The maximum Gasteiger partial charge on any atom is 0.270 e. The Balaban J connectivity index is 1.96. The predicted octanol–water partition coefficient (Wildman–Crippen LogP) is 2.70. The number of amides is 2. The summed E-state index contributed by atoms with van der Waals surface area (Å²) < 4.78 is 0. The molecule has 2 amide bonds. The summed E-state index contributed by atoms with van der Waals surface area (Å²) in [6.45, 7) is 2.06. The molecule has 0 aliphatic carbocycles. The van der Waals surface area contributed by atoms with E-state index in [9.17, 15) is 19.7 Å². The number of carbonyl (C=O) groups is 2. The molecule has 1 heterocycles. The van der Waals surface area contributed by atoms with Gasteiger partial charge in [0.2, 0.25) is 0 Å². The van der Waals surface area contributed by atoms with Crippen molar-refractivity contribution in [1.29, 1.82) is 0 Å². The van der Waals surface area contributed by atoms with Gasteiger partial charge in [-0.25, -0.2) is 0 Å². The molecular formula is C16H12N2O4. The molecule has 0 N–H and O–H groups in total. The number of nitro benzene ring substituents is 1. The van der Waals surface area contributed by atoms with Crippen molar-refractivity contribution in [2.24, 2.45) is 0 Å². The van der Waals surface area contributed by atoms with Crippen molar-refractivity contribution in [2.45, 2.75) is 13.5 Å². The minimum absolute atomic E-state index is 0.0905. The molecule has 0 atom stereocenters. The molecule has 0 fully saturated rings. The highest BCUT2D eigenvalue weighted by molar-refractivity contribution is 6.21. The van der Waals surface area contributed by atoms with Crippen LogP contribution in [0.1, 0.15) is 31.8 Å². The molecule has 3 rings (SSSR count). The number of rotatable bonds is 3. The Morgan fingerprint density at radius 2 is 1.73 bits per heavy atom. The molecule has 0 saturated heterocycles. The topological polar surface area (TPSA) is 80.5 Å². The van der Waals surface area contributed by atoms with E-state index in [1.807, 2.05) is 31.2 Å². The fraction of sp³-hybridized carbons (Fsp3) is 0.125. The van der Waals surface area contributed by atoms with Crippen LogP contribution < -0.4 is 0 Å². The summed E-state index contributed by atoms with van der Waals surface area (Å²) in [6.07, 6.45) is 0. The molecule has 0 spiro atoms. The van der Waals surface area contributed by atoms with Gasteiger partial charge < -0.3 is 0 Å². The van der Waals surface area contributed by atoms with Crippen LogP contribution in [0.15, 0.2) is 42.5 Å². The Kier molecular flexibility index (Phi) is 3.21. The average molecular weight is 296 g/mol. The SMILES string of the molecule is Cc1ccccc1CN1C(=O)c2ccc([N+](=O)[O-])cc2C1=O. The summed E-state index contributed by atoms with van der Waals surface area (Å²) in [5.41, 5.74) is 1.95. The third kappa shape index (κ3) is 2.14. The third-order valence-corrected chi connectivity index (χ3v) is 3.75. The summed E-state index contributed by atoms with van der Waals surface area (Å²) in [6, 6.07) is 11.2. The molecule has 22 heavy (non-hydrogen) atoms. The van der Waals surface area contributed by atoms with Gasteiger partial charge in [0.25, 0.3) is 17.5 Å². The Bertz CT molecular complexity index is 814. The molecule has 0 aromatic heterocycles. The summed E-state index contributed by atoms with van der Waals surface area (Å²) in [5.74, 6) is -0.912. The van der Waals surface area contributed by atoms with Gasteiger partial charge in [0.1, 0.15) is 0 Å². The van der Waals surface area contributed by atoms with Crippen LogP contribution in [0.5, 0.6) is 0 Å². The first-order valence-electron chi connectivity index (χ1n) is 6.68. The summed E-state index contributed by atoms with van der Waals surface area (Å²) in [5, 5.41) is 10.8. The van der Waals surface area contributed by atoms with Gasteiger partial charge in [-0.3, -0.25) is 24.6 Å². The smallest absolute Gasteiger partial charge is 0.270 e. The predicted molar refractivity (Wildman–Crippen MR) is 78.5 cm³/mol. The van der Waals surface area contributed by atoms with Gasteiger partial charge in [-0.1, -0.05) is 24.3 Å². The summed E-state index contributed by atoms with van der Waals surface area (Å²) in [4.78, 5) is 36.1. The maximum atomic E-state index is 12.4. The van der Waals surface area contributed by atoms with E-state index in [1.165, 1.54) is 12.1 Å². The van der Waals surface area contributed by atoms with Crippen LogP contribution in [0.25, 0.3) is 0 Å². The molecule has 0 saturated carbocycles. The molecular weight excluding hydrogens is 284 g/mol. The van der Waals surface area contributed by atoms with Crippen LogP contribution in [0.2, 0.25) is 0 Å². The maximum absolute atomic E-state index is 12.4. The number of hydrogen-bond donors (Lipinski definition) is 0. The molecule has 1 aliphatic heterocycles. The van der Waals surface area contributed by atoms with Crippen LogP contribution in [0, 0.1) is 17.0 Å². The fourth-order valence-electron chi connectivity index (χ4n) is 2.49. The van der Waals surface area contributed by atoms with Crippen molar-refractivity contribution in [3.8, 4) is 0 Å². The number of hydrogen-bond acceptors (Lipinski definition) is 4. The zero-order valence-corrected chi connectivity index (χ0v) is 11.8. The lowest BCUT2D eigenvalue weighted by atomic mass is 10.1. The second-order valence-corrected chi connectivity index (χ2v) is 5.11. The normalized spacial score (nSPS) is 13.4. The van der Waals surface area contributed by atoms with Crippen LogP contribution in [0.4, 0.5) is 5.69 Å². The number of imide groups is 1. The first-order chi connectivity index (χ1) is 10.5. The van der Waals surface area contributed by atoms with Gasteiger partial charge in [0.15, 0.2) is 0 Å². The standard InChI is InChI=1S/C16H12N2O4/c1-10-4-2-3-5-11(10)9-17-15(19)13-7-6-12(18(21)22)8-14(13)16(17)20/h2-8H,9H2,1H3. The van der Waals surface area contributed by atoms with Crippen LogP contribution in [-0.2, 0) is 6.54 Å². The van der Waals surface area contributed by atoms with Crippen molar-refractivity contribution in [2.75, 3.05) is 0 Å². The molecule has 1 aliphatic rings. The quantitative estimate of drug-likeness (QED) is 0.495. The van der Waals surface area contributed by atoms with E-state index in [2.05, 4.69) is 0 Å². The molecule has 2 aromatic carbocycles. The highest BCUT2D eigenvalue weighted by Gasteiger charge is 2.36. The summed E-state index contributed by atoms with van der Waals surface area (Å²) >= 11 is 0. The third-order valence-electron chi connectivity index (χ3n) is 3.75. The van der Waals surface area contributed by atoms with E-state index in [1.54, 1.807) is 0 Å². The van der Waals surface area contributed by atoms with Crippen molar-refractivity contribution >= 4 is 17.5 Å². The summed E-state index contributed by atoms with van der Waals surface area (Å²) in [7, 11) is 0. The highest BCUT2D eigenvalue weighted by atomic mass is 16.6. The van der Waals surface area contributed by atoms with E-state index >= 15 is 0 Å². The lowest BCUT2D eigenvalue weighted by Crippen LogP contribution is -2.29. The van der Waals surface area contributed by atoms with Gasteiger partial charge in [-0.15, -0.1) is 0 Å². The van der Waals surface area contributed by atoms with E-state index in [0.717, 1.165) is 22.1 Å². The second-order valence-electron chi connectivity index (χ2n) is 5.11. The van der Waals surface area contributed by atoms with Crippen molar-refractivity contribution in [3.63, 3.8) is 0 Å².